The van der Waals surface area contributed by atoms with E-state index in [0.29, 0.717) is 17.1 Å². The van der Waals surface area contributed by atoms with E-state index in [1.54, 1.807) is 0 Å². The zero-order valence-electron chi connectivity index (χ0n) is 20.6. The maximum absolute atomic E-state index is 14.6. The lowest BCUT2D eigenvalue weighted by Gasteiger charge is -2.12. The maximum atomic E-state index is 14.6. The van der Waals surface area contributed by atoms with Crippen LogP contribution in [-0.4, -0.2) is 29.3 Å². The number of unbranched alkanes of at least 4 members (excludes halogenated alkanes) is 3. The van der Waals surface area contributed by atoms with E-state index < -0.39 is 11.6 Å². The van der Waals surface area contributed by atoms with Gasteiger partial charge in [-0.25, -0.2) is 9.37 Å². The number of aromatic nitrogens is 2. The molecule has 0 spiro atoms. The molecule has 0 aliphatic rings. The van der Waals surface area contributed by atoms with Crippen LogP contribution < -0.4 is 4.74 Å². The second-order valence-corrected chi connectivity index (χ2v) is 8.56. The molecule has 0 amide bonds. The van der Waals surface area contributed by atoms with Crippen molar-refractivity contribution in [3.63, 3.8) is 0 Å². The van der Waals surface area contributed by atoms with E-state index >= 15 is 0 Å². The van der Waals surface area contributed by atoms with Gasteiger partial charge < -0.3 is 9.47 Å². The van der Waals surface area contributed by atoms with E-state index in [2.05, 4.69) is 42.5 Å². The van der Waals surface area contributed by atoms with Gasteiger partial charge in [0.2, 0.25) is 5.82 Å². The molecule has 2 aromatic carbocycles. The SMILES string of the molecule is C=CCOc1ccc(-c2cnc3cc(C=CCCCC(C)OCCCCC)ccc3n2)c(F)c1F. The van der Waals surface area contributed by atoms with E-state index in [1.807, 2.05) is 18.2 Å². The summed E-state index contributed by atoms with van der Waals surface area (Å²) in [4.78, 5) is 8.91. The zero-order chi connectivity index (χ0) is 25.0. The third-order valence-corrected chi connectivity index (χ3v) is 5.69. The van der Waals surface area contributed by atoms with Crippen LogP contribution in [0, 0.1) is 11.6 Å². The number of hydrogen-bond acceptors (Lipinski definition) is 4. The van der Waals surface area contributed by atoms with Crippen molar-refractivity contribution >= 4 is 17.1 Å². The smallest absolute Gasteiger partial charge is 0.201 e. The molecule has 3 rings (SSSR count). The first-order chi connectivity index (χ1) is 17.0. The summed E-state index contributed by atoms with van der Waals surface area (Å²) in [7, 11) is 0. The normalized spacial score (nSPS) is 12.3. The van der Waals surface area contributed by atoms with E-state index in [4.69, 9.17) is 9.47 Å². The molecule has 0 bridgehead atoms. The molecule has 1 heterocycles. The van der Waals surface area contributed by atoms with Gasteiger partial charge in [-0.2, -0.15) is 4.39 Å². The fourth-order valence-electron chi connectivity index (χ4n) is 3.71. The average molecular weight is 481 g/mol. The Bertz CT molecular complexity index is 1150. The van der Waals surface area contributed by atoms with Gasteiger partial charge in [0.1, 0.15) is 6.61 Å². The highest BCUT2D eigenvalue weighted by Crippen LogP contribution is 2.29. The van der Waals surface area contributed by atoms with Crippen molar-refractivity contribution in [1.82, 2.24) is 9.97 Å². The first-order valence-electron chi connectivity index (χ1n) is 12.3. The second kappa shape index (κ2) is 13.7. The van der Waals surface area contributed by atoms with Gasteiger partial charge in [0.25, 0.3) is 0 Å². The number of allylic oxidation sites excluding steroid dienone is 1. The highest BCUT2D eigenvalue weighted by molar-refractivity contribution is 5.79. The molecule has 0 radical (unpaired) electrons. The minimum atomic E-state index is -1.05. The van der Waals surface area contributed by atoms with E-state index in [-0.39, 0.29) is 23.6 Å². The molecular weight excluding hydrogens is 446 g/mol. The summed E-state index contributed by atoms with van der Waals surface area (Å²) in [5, 5.41) is 0. The zero-order valence-corrected chi connectivity index (χ0v) is 20.6. The molecule has 4 nitrogen and oxygen atoms in total. The third kappa shape index (κ3) is 7.69. The molecule has 3 aromatic rings. The van der Waals surface area contributed by atoms with E-state index in [0.717, 1.165) is 37.9 Å². The Labute approximate surface area is 206 Å². The Hall–Kier alpha value is -3.12. The van der Waals surface area contributed by atoms with Gasteiger partial charge in [-0.3, -0.25) is 4.98 Å². The quantitative estimate of drug-likeness (QED) is 0.174. The Morgan fingerprint density at radius 3 is 2.71 bits per heavy atom. The van der Waals surface area contributed by atoms with E-state index in [1.165, 1.54) is 37.2 Å². The van der Waals surface area contributed by atoms with Crippen LogP contribution in [0.15, 0.2) is 55.3 Å². The van der Waals surface area contributed by atoms with Crippen LogP contribution in [0.1, 0.15) is 57.9 Å². The Morgan fingerprint density at radius 1 is 1.06 bits per heavy atom. The van der Waals surface area contributed by atoms with Gasteiger partial charge in [-0.05, 0) is 62.4 Å². The van der Waals surface area contributed by atoms with Crippen molar-refractivity contribution < 1.29 is 18.3 Å². The summed E-state index contributed by atoms with van der Waals surface area (Å²) < 4.78 is 39.9. The molecule has 1 unspecified atom stereocenters. The van der Waals surface area contributed by atoms with Crippen molar-refractivity contribution in [2.75, 3.05) is 13.2 Å². The molecular formula is C29H34F2N2O2. The summed E-state index contributed by atoms with van der Waals surface area (Å²) in [5.41, 5.74) is 2.62. The first kappa shape index (κ1) is 26.5. The highest BCUT2D eigenvalue weighted by Gasteiger charge is 2.17. The van der Waals surface area contributed by atoms with Crippen molar-refractivity contribution in [1.29, 1.82) is 0 Å². The first-order valence-corrected chi connectivity index (χ1v) is 12.3. The lowest BCUT2D eigenvalue weighted by Crippen LogP contribution is -2.08. The summed E-state index contributed by atoms with van der Waals surface area (Å²) in [6.07, 6.45) is 14.1. The highest BCUT2D eigenvalue weighted by atomic mass is 19.2. The number of halogens is 2. The van der Waals surface area contributed by atoms with Crippen LogP contribution in [0.5, 0.6) is 5.75 Å². The van der Waals surface area contributed by atoms with E-state index in [9.17, 15) is 8.78 Å². The molecule has 0 saturated carbocycles. The number of nitrogens with zero attached hydrogens (tertiary/aromatic N) is 2. The van der Waals surface area contributed by atoms with Crippen LogP contribution in [0.25, 0.3) is 28.4 Å². The van der Waals surface area contributed by atoms with Crippen LogP contribution in [-0.2, 0) is 4.74 Å². The largest absolute Gasteiger partial charge is 0.486 e. The third-order valence-electron chi connectivity index (χ3n) is 5.69. The second-order valence-electron chi connectivity index (χ2n) is 8.56. The average Bonchev–Trinajstić information content (AvgIpc) is 2.87. The maximum Gasteiger partial charge on any atom is 0.201 e. The van der Waals surface area contributed by atoms with Crippen molar-refractivity contribution in [3.8, 4) is 17.0 Å². The van der Waals surface area contributed by atoms with Gasteiger partial charge >= 0.3 is 0 Å². The molecule has 0 fully saturated rings. The van der Waals surface area contributed by atoms with Crippen molar-refractivity contribution in [2.45, 2.75) is 58.5 Å². The number of rotatable bonds is 14. The van der Waals surface area contributed by atoms with Gasteiger partial charge in [0.05, 0.1) is 29.0 Å². The minimum Gasteiger partial charge on any atom is -0.486 e. The van der Waals surface area contributed by atoms with Gasteiger partial charge in [0, 0.05) is 12.2 Å². The summed E-state index contributed by atoms with van der Waals surface area (Å²) in [6, 6.07) is 8.55. The minimum absolute atomic E-state index is 0.0374. The molecule has 1 atom stereocenters. The predicted octanol–water partition coefficient (Wildman–Crippen LogP) is 7.92. The van der Waals surface area contributed by atoms with Crippen LogP contribution in [0.3, 0.4) is 0 Å². The fourth-order valence-corrected chi connectivity index (χ4v) is 3.71. The molecule has 35 heavy (non-hydrogen) atoms. The summed E-state index contributed by atoms with van der Waals surface area (Å²) in [5.74, 6) is -2.23. The molecule has 0 saturated heterocycles. The number of hydrogen-bond donors (Lipinski definition) is 0. The molecule has 0 aliphatic carbocycles. The Balaban J connectivity index is 1.59. The van der Waals surface area contributed by atoms with Crippen LogP contribution in [0.2, 0.25) is 0 Å². The molecule has 6 heteroatoms. The Kier molecular flexibility index (Phi) is 10.4. The fraction of sp³-hybridized carbons (Fsp3) is 0.379. The van der Waals surface area contributed by atoms with Gasteiger partial charge in [-0.15, -0.1) is 0 Å². The predicted molar refractivity (Wildman–Crippen MR) is 138 cm³/mol. The molecule has 1 aromatic heterocycles. The Morgan fingerprint density at radius 2 is 1.91 bits per heavy atom. The topological polar surface area (TPSA) is 44.2 Å². The number of benzene rings is 2. The van der Waals surface area contributed by atoms with Crippen LogP contribution >= 0.6 is 0 Å². The van der Waals surface area contributed by atoms with Crippen LogP contribution in [0.4, 0.5) is 8.78 Å². The lowest BCUT2D eigenvalue weighted by molar-refractivity contribution is 0.0566. The number of ether oxygens (including phenoxy) is 2. The van der Waals surface area contributed by atoms with Crippen molar-refractivity contribution in [3.05, 3.63) is 72.5 Å². The summed E-state index contributed by atoms with van der Waals surface area (Å²) in [6.45, 7) is 8.78. The van der Waals surface area contributed by atoms with Crippen molar-refractivity contribution in [2.24, 2.45) is 0 Å². The van der Waals surface area contributed by atoms with Gasteiger partial charge in [0.15, 0.2) is 11.6 Å². The summed E-state index contributed by atoms with van der Waals surface area (Å²) >= 11 is 0. The molecule has 0 N–H and O–H groups in total. The monoisotopic (exact) mass is 480 g/mol. The standard InChI is InChI=1S/C29H34F2N2O2/c1-4-6-10-18-34-21(3)11-8-7-9-12-22-13-15-24-25(19-22)32-20-26(33-24)23-14-16-27(35-17-5-2)29(31)28(23)30/h5,9,12-16,19-21H,2,4,6-8,10-11,17-18H2,1,3H3. The van der Waals surface area contributed by atoms with Gasteiger partial charge in [-0.1, -0.05) is 50.6 Å². The molecule has 186 valence electrons. The lowest BCUT2D eigenvalue weighted by atomic mass is 10.1. The number of fused-ring (bicyclic) bond motifs is 1. The molecule has 0 aliphatic heterocycles.